The van der Waals surface area contributed by atoms with Gasteiger partial charge in [-0.15, -0.1) is 0 Å². The van der Waals surface area contributed by atoms with Gasteiger partial charge in [0.1, 0.15) is 0 Å². The third kappa shape index (κ3) is 27.5. The smallest absolute Gasteiger partial charge is 0.0489 e. The van der Waals surface area contributed by atoms with Crippen molar-refractivity contribution in [3.63, 3.8) is 0 Å². The van der Waals surface area contributed by atoms with Gasteiger partial charge in [0.15, 0.2) is 0 Å². The van der Waals surface area contributed by atoms with Crippen molar-refractivity contribution in [2.45, 2.75) is 221 Å². The van der Waals surface area contributed by atoms with E-state index in [9.17, 15) is 0 Å². The third-order valence-corrected chi connectivity index (χ3v) is 9.28. The molecule has 0 heterocycles. The van der Waals surface area contributed by atoms with Gasteiger partial charge in [0.2, 0.25) is 0 Å². The van der Waals surface area contributed by atoms with Crippen LogP contribution in [0.2, 0.25) is 0 Å². The Bertz CT molecular complexity index is 731. The van der Waals surface area contributed by atoms with Crippen LogP contribution in [-0.2, 0) is 0 Å². The molecule has 0 aliphatic carbocycles. The maximum Gasteiger partial charge on any atom is 0.0489 e. The molecule has 0 radical (unpaired) electrons. The van der Waals surface area contributed by atoms with Crippen LogP contribution in [0.1, 0.15) is 221 Å². The summed E-state index contributed by atoms with van der Waals surface area (Å²) in [6.45, 7) is 11.6. The molecule has 0 bridgehead atoms. The average molecular weight is 623 g/mol. The zero-order chi connectivity index (χ0) is 32.9. The first-order valence-electron chi connectivity index (χ1n) is 20.6. The molecule has 0 aliphatic rings. The normalized spacial score (nSPS) is 14.2. The van der Waals surface area contributed by atoms with E-state index in [2.05, 4.69) is 89.3 Å². The predicted octanol–water partition coefficient (Wildman–Crippen LogP) is 16.5. The molecule has 0 heteroatoms. The van der Waals surface area contributed by atoms with E-state index in [1.165, 1.54) is 185 Å². The Morgan fingerprint density at radius 1 is 0.333 bits per heavy atom. The second-order valence-electron chi connectivity index (χ2n) is 13.9. The van der Waals surface area contributed by atoms with Crippen LogP contribution in [0.15, 0.2) is 60.3 Å². The molecule has 0 aromatic heterocycles. The van der Waals surface area contributed by atoms with Crippen molar-refractivity contribution in [1.29, 1.82) is 0 Å². The molecule has 0 rings (SSSR count). The summed E-state index contributed by atoms with van der Waals surface area (Å²) in [4.78, 5) is 0. The minimum absolute atomic E-state index is 0.124. The lowest BCUT2D eigenvalue weighted by Gasteiger charge is -2.27. The summed E-state index contributed by atoms with van der Waals surface area (Å²) >= 11 is 0. The third-order valence-electron chi connectivity index (χ3n) is 9.28. The number of unbranched alkanes of at least 4 members (excludes halogenated alkanes) is 24. The van der Waals surface area contributed by atoms with Crippen molar-refractivity contribution in [3.8, 4) is 0 Å². The first-order valence-corrected chi connectivity index (χ1v) is 20.6. The fourth-order valence-corrected chi connectivity index (χ4v) is 6.19. The summed E-state index contributed by atoms with van der Waals surface area (Å²) in [7, 11) is 0. The first kappa shape index (κ1) is 43.7. The molecule has 0 aliphatic heterocycles. The molecule has 0 saturated carbocycles. The van der Waals surface area contributed by atoms with Gasteiger partial charge < -0.3 is 0 Å². The van der Waals surface area contributed by atoms with E-state index in [4.69, 9.17) is 0 Å². The Labute approximate surface area is 285 Å². The van der Waals surface area contributed by atoms with E-state index in [1.807, 2.05) is 0 Å². The summed E-state index contributed by atoms with van der Waals surface area (Å²) in [6, 6.07) is 0. The van der Waals surface area contributed by atoms with Gasteiger partial charge in [-0.1, -0.05) is 218 Å². The van der Waals surface area contributed by atoms with E-state index in [0.29, 0.717) is 0 Å². The molecule has 262 valence electrons. The summed E-state index contributed by atoms with van der Waals surface area (Å²) < 4.78 is 0. The monoisotopic (exact) mass is 623 g/mol. The van der Waals surface area contributed by atoms with Crippen molar-refractivity contribution in [1.82, 2.24) is 0 Å². The summed E-state index contributed by atoms with van der Waals surface area (Å²) in [6.07, 6.45) is 61.5. The Morgan fingerprint density at radius 3 is 1.07 bits per heavy atom. The Hall–Kier alpha value is -1.30. The van der Waals surface area contributed by atoms with E-state index < -0.39 is 0 Å². The molecule has 0 spiro atoms. The number of hydrogen-bond acceptors (Lipinski definition) is 0. The van der Waals surface area contributed by atoms with Crippen molar-refractivity contribution in [2.24, 2.45) is 5.41 Å². The SMILES string of the molecule is CCCC=CC(C=CCCCCCCCC)(C=CCCCCCCCCC)C(/C=C/CCCCCCC)=C/CCCCCCC. The van der Waals surface area contributed by atoms with Crippen LogP contribution in [0.25, 0.3) is 0 Å². The summed E-state index contributed by atoms with van der Waals surface area (Å²) in [5.74, 6) is 0. The highest BCUT2D eigenvalue weighted by Crippen LogP contribution is 2.36. The van der Waals surface area contributed by atoms with Crippen LogP contribution in [0.3, 0.4) is 0 Å². The lowest BCUT2D eigenvalue weighted by molar-refractivity contribution is 0.591. The molecule has 0 saturated heterocycles. The topological polar surface area (TPSA) is 0 Å². The van der Waals surface area contributed by atoms with Gasteiger partial charge in [0.05, 0.1) is 0 Å². The van der Waals surface area contributed by atoms with E-state index in [0.717, 1.165) is 6.42 Å². The molecular formula is C45H82. The van der Waals surface area contributed by atoms with Gasteiger partial charge in [-0.05, 0) is 63.4 Å². The largest absolute Gasteiger partial charge is 0.0870 e. The fourth-order valence-electron chi connectivity index (χ4n) is 6.19. The van der Waals surface area contributed by atoms with Crippen molar-refractivity contribution >= 4 is 0 Å². The van der Waals surface area contributed by atoms with Crippen LogP contribution in [0, 0.1) is 5.41 Å². The van der Waals surface area contributed by atoms with Crippen LogP contribution in [-0.4, -0.2) is 0 Å². The molecule has 45 heavy (non-hydrogen) atoms. The number of allylic oxidation sites excluding steroid dienone is 10. The van der Waals surface area contributed by atoms with Gasteiger partial charge in [0.25, 0.3) is 0 Å². The van der Waals surface area contributed by atoms with Crippen molar-refractivity contribution < 1.29 is 0 Å². The average Bonchev–Trinajstić information content (AvgIpc) is 3.05. The lowest BCUT2D eigenvalue weighted by Crippen LogP contribution is -2.15. The maximum atomic E-state index is 2.61. The van der Waals surface area contributed by atoms with Gasteiger partial charge >= 0.3 is 0 Å². The molecule has 0 aromatic carbocycles. The van der Waals surface area contributed by atoms with Gasteiger partial charge in [0, 0.05) is 5.41 Å². The highest BCUT2D eigenvalue weighted by atomic mass is 14.3. The lowest BCUT2D eigenvalue weighted by atomic mass is 9.77. The van der Waals surface area contributed by atoms with Crippen molar-refractivity contribution in [3.05, 3.63) is 60.3 Å². The number of rotatable bonds is 34. The van der Waals surface area contributed by atoms with E-state index in [1.54, 1.807) is 0 Å². The van der Waals surface area contributed by atoms with E-state index in [-0.39, 0.29) is 5.41 Å². The quantitative estimate of drug-likeness (QED) is 0.0380. The molecule has 0 nitrogen and oxygen atoms in total. The molecular weight excluding hydrogens is 540 g/mol. The molecule has 0 amide bonds. The molecule has 1 atom stereocenters. The standard InChI is InChI=1S/C45H82/c1-6-11-16-20-24-26-29-33-38-43-45(41-36-15-10-5,42-37-32-28-25-21-17-12-7-2)44(39-34-30-23-19-14-9-4)40-35-31-27-22-18-13-8-3/h35-43H,6-34H2,1-5H3/b40-35+,41-36?,42-37?,43-38?,44-39+. The van der Waals surface area contributed by atoms with Crippen LogP contribution < -0.4 is 0 Å². The van der Waals surface area contributed by atoms with Crippen LogP contribution >= 0.6 is 0 Å². The zero-order valence-electron chi connectivity index (χ0n) is 31.7. The Kier molecular flexibility index (Phi) is 34.5. The van der Waals surface area contributed by atoms with Crippen LogP contribution in [0.4, 0.5) is 0 Å². The second kappa shape index (κ2) is 35.6. The minimum Gasteiger partial charge on any atom is -0.0870 e. The Morgan fingerprint density at radius 2 is 0.667 bits per heavy atom. The summed E-state index contributed by atoms with van der Waals surface area (Å²) in [5, 5.41) is 0. The van der Waals surface area contributed by atoms with E-state index >= 15 is 0 Å². The summed E-state index contributed by atoms with van der Waals surface area (Å²) in [5.41, 5.74) is 1.38. The molecule has 1 unspecified atom stereocenters. The second-order valence-corrected chi connectivity index (χ2v) is 13.9. The molecule has 0 aromatic rings. The molecule has 0 fully saturated rings. The highest BCUT2D eigenvalue weighted by Gasteiger charge is 2.24. The predicted molar refractivity (Wildman–Crippen MR) is 209 cm³/mol. The van der Waals surface area contributed by atoms with Crippen LogP contribution in [0.5, 0.6) is 0 Å². The number of hydrogen-bond donors (Lipinski definition) is 0. The molecule has 0 N–H and O–H groups in total. The highest BCUT2D eigenvalue weighted by molar-refractivity contribution is 5.42. The zero-order valence-corrected chi connectivity index (χ0v) is 31.7. The fraction of sp³-hybridized carbons (Fsp3) is 0.778. The minimum atomic E-state index is -0.124. The van der Waals surface area contributed by atoms with Crippen molar-refractivity contribution in [2.75, 3.05) is 0 Å². The maximum absolute atomic E-state index is 2.61. The Balaban J connectivity index is 5.99. The van der Waals surface area contributed by atoms with Gasteiger partial charge in [-0.3, -0.25) is 0 Å². The van der Waals surface area contributed by atoms with Gasteiger partial charge in [-0.25, -0.2) is 0 Å². The first-order chi connectivity index (χ1) is 22.2. The van der Waals surface area contributed by atoms with Gasteiger partial charge in [-0.2, -0.15) is 0 Å².